The van der Waals surface area contributed by atoms with Gasteiger partial charge in [0.05, 0.1) is 51.6 Å². The van der Waals surface area contributed by atoms with Crippen molar-refractivity contribution in [3.63, 3.8) is 0 Å². The number of carbonyl (C=O) groups excluding carboxylic acids is 1. The molecule has 1 saturated heterocycles. The molecule has 1 fully saturated rings. The predicted molar refractivity (Wildman–Crippen MR) is 124 cm³/mol. The van der Waals surface area contributed by atoms with Crippen LogP contribution in [0.25, 0.3) is 11.3 Å². The number of pyridine rings is 1. The third-order valence-electron chi connectivity index (χ3n) is 5.72. The highest BCUT2D eigenvalue weighted by atomic mass is 35.5. The first kappa shape index (κ1) is 21.1. The lowest BCUT2D eigenvalue weighted by Gasteiger charge is -2.26. The molecule has 0 unspecified atom stereocenters. The summed E-state index contributed by atoms with van der Waals surface area (Å²) in [5.74, 6) is 0.485. The number of hydrogen-bond acceptors (Lipinski definition) is 5. The smallest absolute Gasteiger partial charge is 0.255 e. The van der Waals surface area contributed by atoms with Crippen molar-refractivity contribution in [1.82, 2.24) is 15.3 Å². The van der Waals surface area contributed by atoms with Crippen molar-refractivity contribution >= 4 is 40.5 Å². The Morgan fingerprint density at radius 2 is 2.16 bits per heavy atom. The molecule has 9 heteroatoms. The zero-order valence-electron chi connectivity index (χ0n) is 17.2. The molecule has 0 saturated carbocycles. The van der Waals surface area contributed by atoms with E-state index < -0.39 is 0 Å². The largest absolute Gasteiger partial charge is 0.491 e. The van der Waals surface area contributed by atoms with Gasteiger partial charge in [0.25, 0.3) is 5.91 Å². The molecule has 3 aromatic rings. The maximum Gasteiger partial charge on any atom is 0.255 e. The van der Waals surface area contributed by atoms with E-state index in [1.807, 2.05) is 12.1 Å². The van der Waals surface area contributed by atoms with E-state index in [1.165, 1.54) is 0 Å². The lowest BCUT2D eigenvalue weighted by molar-refractivity contribution is -0.0596. The van der Waals surface area contributed by atoms with Crippen LogP contribution in [0.3, 0.4) is 0 Å². The molecule has 0 radical (unpaired) electrons. The van der Waals surface area contributed by atoms with Crippen LogP contribution in [0.15, 0.2) is 36.7 Å². The molecule has 1 amide bonds. The van der Waals surface area contributed by atoms with Gasteiger partial charge in [-0.1, -0.05) is 29.3 Å². The number of nitrogens with zero attached hydrogens (tertiary/aromatic N) is 1. The van der Waals surface area contributed by atoms with E-state index in [1.54, 1.807) is 24.5 Å². The fourth-order valence-corrected chi connectivity index (χ4v) is 4.30. The molecule has 3 N–H and O–H groups in total. The Bertz CT molecular complexity index is 1160. The van der Waals surface area contributed by atoms with E-state index in [0.29, 0.717) is 52.3 Å². The van der Waals surface area contributed by atoms with Crippen LogP contribution in [0.1, 0.15) is 28.9 Å². The van der Waals surface area contributed by atoms with Gasteiger partial charge < -0.3 is 25.1 Å². The second-order valence-corrected chi connectivity index (χ2v) is 8.54. The van der Waals surface area contributed by atoms with E-state index >= 15 is 0 Å². The van der Waals surface area contributed by atoms with Crippen LogP contribution in [0.2, 0.25) is 10.0 Å². The van der Waals surface area contributed by atoms with E-state index in [4.69, 9.17) is 32.7 Å². The Kier molecular flexibility index (Phi) is 5.95. The Morgan fingerprint density at radius 1 is 1.28 bits per heavy atom. The van der Waals surface area contributed by atoms with Gasteiger partial charge in [0.1, 0.15) is 5.75 Å². The molecule has 1 atom stereocenters. The van der Waals surface area contributed by atoms with Gasteiger partial charge in [0.15, 0.2) is 0 Å². The first-order valence-electron chi connectivity index (χ1n) is 10.5. The Morgan fingerprint density at radius 3 is 2.97 bits per heavy atom. The van der Waals surface area contributed by atoms with Crippen LogP contribution < -0.4 is 15.4 Å². The van der Waals surface area contributed by atoms with Crippen molar-refractivity contribution in [2.24, 2.45) is 0 Å². The molecule has 0 bridgehead atoms. The Labute approximate surface area is 195 Å². The molecule has 2 aliphatic rings. The number of anilines is 2. The molecular formula is C23H22Cl2N4O3. The van der Waals surface area contributed by atoms with Crippen molar-refractivity contribution in [3.05, 3.63) is 58.0 Å². The number of benzene rings is 1. The van der Waals surface area contributed by atoms with Crippen LogP contribution in [0.4, 0.5) is 11.4 Å². The summed E-state index contributed by atoms with van der Waals surface area (Å²) >= 11 is 12.6. The molecule has 0 spiro atoms. The maximum atomic E-state index is 12.8. The number of fused-ring (bicyclic) bond motifs is 1. The Balaban J connectivity index is 1.54. The van der Waals surface area contributed by atoms with E-state index in [-0.39, 0.29) is 12.0 Å². The van der Waals surface area contributed by atoms with Crippen molar-refractivity contribution in [3.8, 4) is 17.0 Å². The third-order valence-corrected chi connectivity index (χ3v) is 6.54. The number of amides is 1. The second kappa shape index (κ2) is 9.02. The molecule has 2 aliphatic heterocycles. The SMILES string of the molecule is O=C1NCCc2[nH]c(-c3ccncc3OCC[C@@H]3CCO3)c(Nc3cccc(Cl)c3Cl)c21. The van der Waals surface area contributed by atoms with E-state index in [9.17, 15) is 4.79 Å². The molecule has 7 nitrogen and oxygen atoms in total. The summed E-state index contributed by atoms with van der Waals surface area (Å²) < 4.78 is 11.5. The zero-order valence-corrected chi connectivity index (χ0v) is 18.7. The third kappa shape index (κ3) is 4.03. The number of nitrogens with one attached hydrogen (secondary N) is 3. The van der Waals surface area contributed by atoms with Gasteiger partial charge in [-0.25, -0.2) is 0 Å². The summed E-state index contributed by atoms with van der Waals surface area (Å²) in [6, 6.07) is 7.21. The standard InChI is InChI=1S/C23H22Cl2N4O3/c24-15-2-1-3-17(20(15)25)29-22-19-16(5-9-27-23(19)30)28-21(22)14-4-8-26-12-18(14)32-11-7-13-6-10-31-13/h1-4,8,12-13,28-29H,5-7,9-11H2,(H,27,30)/t13-/m0/s1. The molecule has 1 aromatic carbocycles. The number of rotatable bonds is 7. The molecule has 0 aliphatic carbocycles. The average molecular weight is 473 g/mol. The van der Waals surface area contributed by atoms with Gasteiger partial charge in [0, 0.05) is 43.4 Å². The second-order valence-electron chi connectivity index (χ2n) is 7.75. The monoisotopic (exact) mass is 472 g/mol. The fourth-order valence-electron chi connectivity index (χ4n) is 3.96. The number of ether oxygens (including phenoxy) is 2. The maximum absolute atomic E-state index is 12.8. The minimum atomic E-state index is -0.145. The summed E-state index contributed by atoms with van der Waals surface area (Å²) in [4.78, 5) is 20.4. The summed E-state index contributed by atoms with van der Waals surface area (Å²) in [7, 11) is 0. The average Bonchev–Trinajstić information content (AvgIpc) is 3.13. The van der Waals surface area contributed by atoms with Gasteiger partial charge in [-0.3, -0.25) is 9.78 Å². The molecule has 166 valence electrons. The lowest BCUT2D eigenvalue weighted by Crippen LogP contribution is -2.31. The van der Waals surface area contributed by atoms with Crippen LogP contribution in [-0.2, 0) is 11.2 Å². The summed E-state index contributed by atoms with van der Waals surface area (Å²) in [5, 5.41) is 7.06. The number of hydrogen-bond donors (Lipinski definition) is 3. The van der Waals surface area contributed by atoms with Crippen LogP contribution in [0.5, 0.6) is 5.75 Å². The van der Waals surface area contributed by atoms with Gasteiger partial charge >= 0.3 is 0 Å². The quantitative estimate of drug-likeness (QED) is 0.451. The minimum absolute atomic E-state index is 0.145. The summed E-state index contributed by atoms with van der Waals surface area (Å²) in [6.45, 7) is 1.91. The number of aromatic nitrogens is 2. The number of halogens is 2. The van der Waals surface area contributed by atoms with Crippen molar-refractivity contribution in [1.29, 1.82) is 0 Å². The topological polar surface area (TPSA) is 88.3 Å². The van der Waals surface area contributed by atoms with Gasteiger partial charge in [-0.15, -0.1) is 0 Å². The van der Waals surface area contributed by atoms with Gasteiger partial charge in [-0.2, -0.15) is 0 Å². The van der Waals surface area contributed by atoms with Crippen molar-refractivity contribution in [2.75, 3.05) is 25.1 Å². The van der Waals surface area contributed by atoms with Crippen molar-refractivity contribution in [2.45, 2.75) is 25.4 Å². The molecule has 32 heavy (non-hydrogen) atoms. The zero-order chi connectivity index (χ0) is 22.1. The highest BCUT2D eigenvalue weighted by Gasteiger charge is 2.28. The molecule has 5 rings (SSSR count). The summed E-state index contributed by atoms with van der Waals surface area (Å²) in [5.41, 5.74) is 4.19. The van der Waals surface area contributed by atoms with E-state index in [2.05, 4.69) is 20.6 Å². The number of H-pyrrole nitrogens is 1. The molecular weight excluding hydrogens is 451 g/mol. The molecule has 4 heterocycles. The number of aromatic amines is 1. The summed E-state index contributed by atoms with van der Waals surface area (Å²) in [6.07, 6.45) is 6.23. The highest BCUT2D eigenvalue weighted by molar-refractivity contribution is 6.43. The van der Waals surface area contributed by atoms with Crippen molar-refractivity contribution < 1.29 is 14.3 Å². The highest BCUT2D eigenvalue weighted by Crippen LogP contribution is 2.42. The van der Waals surface area contributed by atoms with Gasteiger partial charge in [-0.05, 0) is 24.6 Å². The van der Waals surface area contributed by atoms with Crippen LogP contribution >= 0.6 is 23.2 Å². The Hall–Kier alpha value is -2.74. The van der Waals surface area contributed by atoms with Crippen LogP contribution in [0, 0.1) is 0 Å². The fraction of sp³-hybridized carbons (Fsp3) is 0.304. The predicted octanol–water partition coefficient (Wildman–Crippen LogP) is 4.97. The first-order valence-corrected chi connectivity index (χ1v) is 11.3. The van der Waals surface area contributed by atoms with E-state index in [0.717, 1.165) is 36.4 Å². The normalized spacial score (nSPS) is 17.3. The lowest BCUT2D eigenvalue weighted by atomic mass is 10.0. The molecule has 2 aromatic heterocycles. The van der Waals surface area contributed by atoms with Gasteiger partial charge in [0.2, 0.25) is 0 Å². The minimum Gasteiger partial charge on any atom is -0.491 e. The van der Waals surface area contributed by atoms with Crippen LogP contribution in [-0.4, -0.2) is 41.7 Å². The number of carbonyl (C=O) groups is 1. The first-order chi connectivity index (χ1) is 15.6.